The van der Waals surface area contributed by atoms with Gasteiger partial charge in [0.25, 0.3) is 0 Å². The van der Waals surface area contributed by atoms with E-state index in [-0.39, 0.29) is 5.84 Å². The molecule has 1 heterocycles. The SMILES string of the molecule is CCn1cnc(C(=N)N)n1. The van der Waals surface area contributed by atoms with Crippen LogP contribution >= 0.6 is 0 Å². The highest BCUT2D eigenvalue weighted by molar-refractivity contribution is 5.90. The molecule has 0 aliphatic rings. The zero-order valence-corrected chi connectivity index (χ0v) is 5.70. The van der Waals surface area contributed by atoms with Gasteiger partial charge in [-0.1, -0.05) is 0 Å². The maximum absolute atomic E-state index is 6.96. The number of rotatable bonds is 2. The van der Waals surface area contributed by atoms with Crippen LogP contribution in [0.3, 0.4) is 0 Å². The van der Waals surface area contributed by atoms with E-state index < -0.39 is 0 Å². The van der Waals surface area contributed by atoms with Crippen LogP contribution in [0.15, 0.2) is 6.33 Å². The summed E-state index contributed by atoms with van der Waals surface area (Å²) in [5.41, 5.74) is 5.13. The third kappa shape index (κ3) is 1.12. The number of hydrogen-bond donors (Lipinski definition) is 2. The van der Waals surface area contributed by atoms with Crippen LogP contribution in [0.25, 0.3) is 0 Å². The molecular formula is C5H9N5. The van der Waals surface area contributed by atoms with Crippen LogP contribution in [0, 0.1) is 5.41 Å². The van der Waals surface area contributed by atoms with Crippen molar-refractivity contribution in [3.05, 3.63) is 12.2 Å². The van der Waals surface area contributed by atoms with Gasteiger partial charge in [0.2, 0.25) is 5.82 Å². The van der Waals surface area contributed by atoms with Gasteiger partial charge in [0.05, 0.1) is 0 Å². The summed E-state index contributed by atoms with van der Waals surface area (Å²) in [6, 6.07) is 0. The molecule has 54 valence electrons. The first-order valence-corrected chi connectivity index (χ1v) is 2.98. The lowest BCUT2D eigenvalue weighted by molar-refractivity contribution is 0.656. The van der Waals surface area contributed by atoms with E-state index in [0.717, 1.165) is 6.54 Å². The molecule has 0 atom stereocenters. The van der Waals surface area contributed by atoms with Crippen molar-refractivity contribution in [2.75, 3.05) is 0 Å². The number of nitrogens with zero attached hydrogens (tertiary/aromatic N) is 3. The van der Waals surface area contributed by atoms with Crippen molar-refractivity contribution >= 4 is 5.84 Å². The minimum atomic E-state index is -0.0906. The minimum Gasteiger partial charge on any atom is -0.381 e. The third-order valence-corrected chi connectivity index (χ3v) is 1.10. The zero-order chi connectivity index (χ0) is 7.56. The first-order valence-electron chi connectivity index (χ1n) is 2.98. The molecule has 0 amide bonds. The quantitative estimate of drug-likeness (QED) is 0.431. The fraction of sp³-hybridized carbons (Fsp3) is 0.400. The van der Waals surface area contributed by atoms with Crippen LogP contribution in [-0.2, 0) is 6.54 Å². The summed E-state index contributed by atoms with van der Waals surface area (Å²) in [4.78, 5) is 3.79. The predicted molar refractivity (Wildman–Crippen MR) is 36.7 cm³/mol. The highest BCUT2D eigenvalue weighted by Gasteiger charge is 2.00. The number of amidine groups is 1. The van der Waals surface area contributed by atoms with Crippen molar-refractivity contribution in [3.63, 3.8) is 0 Å². The van der Waals surface area contributed by atoms with E-state index in [0.29, 0.717) is 5.82 Å². The second-order valence-corrected chi connectivity index (χ2v) is 1.84. The Morgan fingerprint density at radius 2 is 2.60 bits per heavy atom. The lowest BCUT2D eigenvalue weighted by Gasteiger charge is -1.89. The predicted octanol–water partition coefficient (Wildman–Crippen LogP) is -0.418. The molecule has 0 saturated heterocycles. The molecular weight excluding hydrogens is 130 g/mol. The summed E-state index contributed by atoms with van der Waals surface area (Å²) in [5.74, 6) is 0.203. The normalized spacial score (nSPS) is 9.70. The molecule has 0 saturated carbocycles. The Labute approximate surface area is 58.4 Å². The lowest BCUT2D eigenvalue weighted by atomic mass is 10.6. The van der Waals surface area contributed by atoms with E-state index in [4.69, 9.17) is 11.1 Å². The van der Waals surface area contributed by atoms with E-state index in [1.807, 2.05) is 6.92 Å². The van der Waals surface area contributed by atoms with Gasteiger partial charge in [0.1, 0.15) is 6.33 Å². The smallest absolute Gasteiger partial charge is 0.215 e. The Morgan fingerprint density at radius 1 is 1.90 bits per heavy atom. The second kappa shape index (κ2) is 2.47. The fourth-order valence-corrected chi connectivity index (χ4v) is 0.570. The fourth-order valence-electron chi connectivity index (χ4n) is 0.570. The van der Waals surface area contributed by atoms with Crippen LogP contribution in [0.4, 0.5) is 0 Å². The van der Waals surface area contributed by atoms with Crippen molar-refractivity contribution in [1.82, 2.24) is 14.8 Å². The molecule has 0 spiro atoms. The second-order valence-electron chi connectivity index (χ2n) is 1.84. The van der Waals surface area contributed by atoms with Crippen molar-refractivity contribution < 1.29 is 0 Å². The van der Waals surface area contributed by atoms with Gasteiger partial charge in [-0.15, -0.1) is 5.10 Å². The molecule has 1 aromatic rings. The summed E-state index contributed by atoms with van der Waals surface area (Å²) in [5, 5.41) is 10.8. The molecule has 1 aromatic heterocycles. The standard InChI is InChI=1S/C5H9N5/c1-2-10-3-8-5(9-10)4(6)7/h3H,2H2,1H3,(H3,6,7). The minimum absolute atomic E-state index is 0.0906. The number of nitrogens with one attached hydrogen (secondary N) is 1. The number of aryl methyl sites for hydroxylation is 1. The first-order chi connectivity index (χ1) is 4.74. The van der Waals surface area contributed by atoms with E-state index in [2.05, 4.69) is 10.1 Å². The third-order valence-electron chi connectivity index (χ3n) is 1.10. The van der Waals surface area contributed by atoms with E-state index in [1.165, 1.54) is 0 Å². The highest BCUT2D eigenvalue weighted by Crippen LogP contribution is 1.86. The van der Waals surface area contributed by atoms with Gasteiger partial charge in [-0.3, -0.25) is 10.1 Å². The Balaban J connectivity index is 2.88. The van der Waals surface area contributed by atoms with Crippen LogP contribution in [0.1, 0.15) is 12.7 Å². The Morgan fingerprint density at radius 3 is 2.90 bits per heavy atom. The molecule has 0 aromatic carbocycles. The topological polar surface area (TPSA) is 80.6 Å². The molecule has 0 aliphatic carbocycles. The van der Waals surface area contributed by atoms with E-state index >= 15 is 0 Å². The highest BCUT2D eigenvalue weighted by atomic mass is 15.3. The summed E-state index contributed by atoms with van der Waals surface area (Å²) >= 11 is 0. The summed E-state index contributed by atoms with van der Waals surface area (Å²) in [7, 11) is 0. The average molecular weight is 139 g/mol. The Kier molecular flexibility index (Phi) is 1.66. The van der Waals surface area contributed by atoms with Crippen LogP contribution in [-0.4, -0.2) is 20.6 Å². The van der Waals surface area contributed by atoms with Gasteiger partial charge in [0.15, 0.2) is 5.84 Å². The molecule has 5 heteroatoms. The Hall–Kier alpha value is -1.39. The van der Waals surface area contributed by atoms with Crippen molar-refractivity contribution in [1.29, 1.82) is 5.41 Å². The van der Waals surface area contributed by atoms with Gasteiger partial charge in [-0.25, -0.2) is 4.98 Å². The monoisotopic (exact) mass is 139 g/mol. The van der Waals surface area contributed by atoms with E-state index in [9.17, 15) is 0 Å². The molecule has 1 rings (SSSR count). The van der Waals surface area contributed by atoms with Gasteiger partial charge in [-0.05, 0) is 6.92 Å². The molecule has 0 bridgehead atoms. The summed E-state index contributed by atoms with van der Waals surface area (Å²) in [6.07, 6.45) is 1.55. The van der Waals surface area contributed by atoms with Gasteiger partial charge in [0, 0.05) is 6.54 Å². The number of nitrogens with two attached hydrogens (primary N) is 1. The average Bonchev–Trinajstić information content (AvgIpc) is 2.34. The maximum Gasteiger partial charge on any atom is 0.215 e. The van der Waals surface area contributed by atoms with Crippen molar-refractivity contribution in [3.8, 4) is 0 Å². The Bertz CT molecular complexity index is 238. The molecule has 10 heavy (non-hydrogen) atoms. The number of nitrogen functional groups attached to an aromatic ring is 1. The molecule has 0 aliphatic heterocycles. The first kappa shape index (κ1) is 6.73. The summed E-state index contributed by atoms with van der Waals surface area (Å²) < 4.78 is 1.62. The summed E-state index contributed by atoms with van der Waals surface area (Å²) in [6.45, 7) is 2.69. The number of hydrogen-bond acceptors (Lipinski definition) is 3. The largest absolute Gasteiger partial charge is 0.381 e. The van der Waals surface area contributed by atoms with Crippen LogP contribution in [0.5, 0.6) is 0 Å². The van der Waals surface area contributed by atoms with E-state index in [1.54, 1.807) is 11.0 Å². The van der Waals surface area contributed by atoms with Crippen LogP contribution in [0.2, 0.25) is 0 Å². The zero-order valence-electron chi connectivity index (χ0n) is 5.70. The molecule has 0 unspecified atom stereocenters. The maximum atomic E-state index is 6.96. The van der Waals surface area contributed by atoms with Crippen LogP contribution < -0.4 is 5.73 Å². The lowest BCUT2D eigenvalue weighted by Crippen LogP contribution is -2.13. The number of aromatic nitrogens is 3. The van der Waals surface area contributed by atoms with Gasteiger partial charge >= 0.3 is 0 Å². The van der Waals surface area contributed by atoms with Crippen molar-refractivity contribution in [2.45, 2.75) is 13.5 Å². The molecule has 5 nitrogen and oxygen atoms in total. The molecule has 0 fully saturated rings. The van der Waals surface area contributed by atoms with Gasteiger partial charge < -0.3 is 5.73 Å². The molecule has 3 N–H and O–H groups in total. The van der Waals surface area contributed by atoms with Gasteiger partial charge in [-0.2, -0.15) is 0 Å². The van der Waals surface area contributed by atoms with Crippen molar-refractivity contribution in [2.24, 2.45) is 5.73 Å². The molecule has 0 radical (unpaired) electrons.